The molecule has 0 unspecified atom stereocenters. The van der Waals surface area contributed by atoms with Crippen LogP contribution in [0.2, 0.25) is 0 Å². The summed E-state index contributed by atoms with van der Waals surface area (Å²) < 4.78 is 5.67. The third-order valence-electron chi connectivity index (χ3n) is 4.12. The van der Waals surface area contributed by atoms with Gasteiger partial charge >= 0.3 is 0 Å². The molecule has 0 aliphatic carbocycles. The molecule has 26 heavy (non-hydrogen) atoms. The van der Waals surface area contributed by atoms with Crippen LogP contribution in [0, 0.1) is 18.3 Å². The molecule has 1 aromatic carbocycles. The number of hydrogen-bond donors (Lipinski definition) is 1. The number of aryl methyl sites for hydroxylation is 1. The first kappa shape index (κ1) is 17.7. The number of hydrogen-bond acceptors (Lipinski definition) is 6. The predicted molar refractivity (Wildman–Crippen MR) is 97.2 cm³/mol. The molecule has 1 fully saturated rings. The number of carbonyl (C=O) groups is 1. The average molecular weight is 351 g/mol. The third-order valence-corrected chi connectivity index (χ3v) is 4.12. The molecule has 0 spiro atoms. The molecule has 3 rings (SSSR count). The standard InChI is InChI=1S/C19H21N5O2/c1-14-22-17(24-8-2-3-9-24)12-18(23-14)26-10-7-21-19(25)16-6-4-5-15(11-16)13-20/h4-6,11-12H,2-3,7-10H2,1H3,(H,21,25). The Hall–Kier alpha value is -3.14. The Morgan fingerprint density at radius 3 is 2.88 bits per heavy atom. The molecule has 2 heterocycles. The van der Waals surface area contributed by atoms with Gasteiger partial charge in [0.2, 0.25) is 5.88 Å². The minimum absolute atomic E-state index is 0.234. The van der Waals surface area contributed by atoms with E-state index >= 15 is 0 Å². The zero-order chi connectivity index (χ0) is 18.4. The first-order valence-electron chi connectivity index (χ1n) is 8.67. The van der Waals surface area contributed by atoms with Gasteiger partial charge in [-0.1, -0.05) is 6.07 Å². The fourth-order valence-corrected chi connectivity index (χ4v) is 2.86. The molecular formula is C19H21N5O2. The first-order chi connectivity index (χ1) is 12.7. The van der Waals surface area contributed by atoms with E-state index in [4.69, 9.17) is 10.00 Å². The summed E-state index contributed by atoms with van der Waals surface area (Å²) in [6, 6.07) is 10.5. The summed E-state index contributed by atoms with van der Waals surface area (Å²) in [4.78, 5) is 23.1. The Morgan fingerprint density at radius 1 is 1.31 bits per heavy atom. The Kier molecular flexibility index (Phi) is 5.64. The van der Waals surface area contributed by atoms with Crippen molar-refractivity contribution < 1.29 is 9.53 Å². The van der Waals surface area contributed by atoms with E-state index in [1.54, 1.807) is 24.3 Å². The van der Waals surface area contributed by atoms with Crippen LogP contribution in [0.15, 0.2) is 30.3 Å². The van der Waals surface area contributed by atoms with Gasteiger partial charge in [-0.3, -0.25) is 4.79 Å². The van der Waals surface area contributed by atoms with Crippen LogP contribution in [0.4, 0.5) is 5.82 Å². The van der Waals surface area contributed by atoms with Crippen LogP contribution < -0.4 is 15.0 Å². The van der Waals surface area contributed by atoms with Crippen LogP contribution in [-0.4, -0.2) is 42.1 Å². The highest BCUT2D eigenvalue weighted by atomic mass is 16.5. The van der Waals surface area contributed by atoms with Crippen molar-refractivity contribution in [2.45, 2.75) is 19.8 Å². The van der Waals surface area contributed by atoms with Crippen molar-refractivity contribution in [3.63, 3.8) is 0 Å². The Bertz CT molecular complexity index is 825. The van der Waals surface area contributed by atoms with Gasteiger partial charge in [-0.2, -0.15) is 10.2 Å². The van der Waals surface area contributed by atoms with Gasteiger partial charge in [0.15, 0.2) is 0 Å². The van der Waals surface area contributed by atoms with Crippen molar-refractivity contribution >= 4 is 11.7 Å². The van der Waals surface area contributed by atoms with Crippen molar-refractivity contribution in [2.24, 2.45) is 0 Å². The molecule has 0 atom stereocenters. The maximum Gasteiger partial charge on any atom is 0.251 e. The highest BCUT2D eigenvalue weighted by Gasteiger charge is 2.15. The van der Waals surface area contributed by atoms with E-state index < -0.39 is 0 Å². The SMILES string of the molecule is Cc1nc(OCCNC(=O)c2cccc(C#N)c2)cc(N2CCCC2)n1. The second-order valence-corrected chi connectivity index (χ2v) is 6.10. The maximum absolute atomic E-state index is 12.1. The second-order valence-electron chi connectivity index (χ2n) is 6.10. The molecule has 0 saturated carbocycles. The smallest absolute Gasteiger partial charge is 0.251 e. The van der Waals surface area contributed by atoms with E-state index in [2.05, 4.69) is 20.2 Å². The lowest BCUT2D eigenvalue weighted by atomic mass is 10.1. The van der Waals surface area contributed by atoms with Crippen LogP contribution in [0.25, 0.3) is 0 Å². The number of benzene rings is 1. The summed E-state index contributed by atoms with van der Waals surface area (Å²) in [5.41, 5.74) is 0.915. The molecule has 1 aliphatic rings. The molecule has 0 bridgehead atoms. The number of amides is 1. The molecule has 1 aromatic heterocycles. The van der Waals surface area contributed by atoms with Gasteiger partial charge in [-0.05, 0) is 38.0 Å². The molecule has 7 heteroatoms. The predicted octanol–water partition coefficient (Wildman–Crippen LogP) is 2.07. The van der Waals surface area contributed by atoms with Crippen LogP contribution in [0.1, 0.15) is 34.6 Å². The highest BCUT2D eigenvalue weighted by Crippen LogP contribution is 2.21. The van der Waals surface area contributed by atoms with Crippen molar-refractivity contribution in [2.75, 3.05) is 31.1 Å². The lowest BCUT2D eigenvalue weighted by Gasteiger charge is -2.17. The maximum atomic E-state index is 12.1. The van der Waals surface area contributed by atoms with Crippen LogP contribution in [-0.2, 0) is 0 Å². The van der Waals surface area contributed by atoms with Crippen molar-refractivity contribution in [1.29, 1.82) is 5.26 Å². The number of ether oxygens (including phenoxy) is 1. The van der Waals surface area contributed by atoms with Crippen LogP contribution in [0.3, 0.4) is 0 Å². The fraction of sp³-hybridized carbons (Fsp3) is 0.368. The van der Waals surface area contributed by atoms with E-state index in [9.17, 15) is 4.79 Å². The molecule has 1 saturated heterocycles. The normalized spacial score (nSPS) is 13.3. The van der Waals surface area contributed by atoms with E-state index in [0.29, 0.717) is 36.0 Å². The van der Waals surface area contributed by atoms with E-state index in [-0.39, 0.29) is 5.91 Å². The van der Waals surface area contributed by atoms with Gasteiger partial charge in [0, 0.05) is 24.7 Å². The summed E-state index contributed by atoms with van der Waals surface area (Å²) in [7, 11) is 0. The second kappa shape index (κ2) is 8.30. The summed E-state index contributed by atoms with van der Waals surface area (Å²) in [6.07, 6.45) is 2.36. The zero-order valence-electron chi connectivity index (χ0n) is 14.7. The Balaban J connectivity index is 1.51. The van der Waals surface area contributed by atoms with Gasteiger partial charge in [-0.15, -0.1) is 0 Å². The monoisotopic (exact) mass is 351 g/mol. The number of nitriles is 1. The van der Waals surface area contributed by atoms with Gasteiger partial charge in [0.05, 0.1) is 18.2 Å². The molecule has 7 nitrogen and oxygen atoms in total. The van der Waals surface area contributed by atoms with E-state index in [1.165, 1.54) is 12.8 Å². The fourth-order valence-electron chi connectivity index (χ4n) is 2.86. The largest absolute Gasteiger partial charge is 0.476 e. The van der Waals surface area contributed by atoms with Crippen molar-refractivity contribution in [1.82, 2.24) is 15.3 Å². The number of rotatable bonds is 6. The van der Waals surface area contributed by atoms with Crippen molar-refractivity contribution in [3.8, 4) is 11.9 Å². The molecular weight excluding hydrogens is 330 g/mol. The number of anilines is 1. The van der Waals surface area contributed by atoms with Gasteiger partial charge in [0.1, 0.15) is 18.2 Å². The number of nitrogens with zero attached hydrogens (tertiary/aromatic N) is 4. The van der Waals surface area contributed by atoms with E-state index in [0.717, 1.165) is 18.9 Å². The molecule has 0 radical (unpaired) electrons. The molecule has 2 aromatic rings. The van der Waals surface area contributed by atoms with Crippen molar-refractivity contribution in [3.05, 3.63) is 47.3 Å². The number of aromatic nitrogens is 2. The third kappa shape index (κ3) is 4.48. The highest BCUT2D eigenvalue weighted by molar-refractivity contribution is 5.94. The molecule has 134 valence electrons. The number of carbonyl (C=O) groups excluding carboxylic acids is 1. The summed E-state index contributed by atoms with van der Waals surface area (Å²) in [6.45, 7) is 4.51. The van der Waals surface area contributed by atoms with E-state index in [1.807, 2.05) is 19.1 Å². The zero-order valence-corrected chi connectivity index (χ0v) is 14.7. The van der Waals surface area contributed by atoms with Crippen LogP contribution >= 0.6 is 0 Å². The quantitative estimate of drug-likeness (QED) is 0.801. The molecule has 1 amide bonds. The molecule has 1 aliphatic heterocycles. The van der Waals surface area contributed by atoms with Crippen LogP contribution in [0.5, 0.6) is 5.88 Å². The lowest BCUT2D eigenvalue weighted by Crippen LogP contribution is -2.28. The Labute approximate surface area is 152 Å². The topological polar surface area (TPSA) is 91.1 Å². The lowest BCUT2D eigenvalue weighted by molar-refractivity contribution is 0.0946. The van der Waals surface area contributed by atoms with Gasteiger partial charge in [0.25, 0.3) is 5.91 Å². The summed E-state index contributed by atoms with van der Waals surface area (Å²) >= 11 is 0. The van der Waals surface area contributed by atoms with Gasteiger partial charge < -0.3 is 15.0 Å². The summed E-state index contributed by atoms with van der Waals surface area (Å²) in [5.74, 6) is 1.84. The number of nitrogens with one attached hydrogen (secondary N) is 1. The Morgan fingerprint density at radius 2 is 2.12 bits per heavy atom. The van der Waals surface area contributed by atoms with Gasteiger partial charge in [-0.25, -0.2) is 4.98 Å². The minimum Gasteiger partial charge on any atom is -0.476 e. The summed E-state index contributed by atoms with van der Waals surface area (Å²) in [5, 5.41) is 11.7. The first-order valence-corrected chi connectivity index (χ1v) is 8.67. The average Bonchev–Trinajstić information content (AvgIpc) is 3.19. The minimum atomic E-state index is -0.234. The molecule has 1 N–H and O–H groups in total.